The number of nitrogens with one attached hydrogen (secondary N) is 1. The van der Waals surface area contributed by atoms with Gasteiger partial charge in [-0.2, -0.15) is 0 Å². The van der Waals surface area contributed by atoms with Gasteiger partial charge < -0.3 is 15.8 Å². The Bertz CT molecular complexity index is 695. The number of halogens is 2. The van der Waals surface area contributed by atoms with E-state index in [2.05, 4.69) is 10.3 Å². The second kappa shape index (κ2) is 7.64. The summed E-state index contributed by atoms with van der Waals surface area (Å²) < 4.78 is 31.9. The smallest absolute Gasteiger partial charge is 0.237 e. The van der Waals surface area contributed by atoms with Gasteiger partial charge in [0.15, 0.2) is 11.6 Å². The van der Waals surface area contributed by atoms with Gasteiger partial charge in [0.1, 0.15) is 5.82 Å². The summed E-state index contributed by atoms with van der Waals surface area (Å²) in [5, 5.41) is 2.66. The number of pyridine rings is 1. The van der Waals surface area contributed by atoms with E-state index in [9.17, 15) is 13.6 Å². The summed E-state index contributed by atoms with van der Waals surface area (Å²) in [5.41, 5.74) is 6.18. The van der Waals surface area contributed by atoms with Crippen LogP contribution in [0.4, 0.5) is 8.78 Å². The van der Waals surface area contributed by atoms with Gasteiger partial charge >= 0.3 is 0 Å². The summed E-state index contributed by atoms with van der Waals surface area (Å²) in [6.45, 7) is 1.94. The number of benzene rings is 1. The molecular formula is C16H17F2N3O2. The zero-order chi connectivity index (χ0) is 16.8. The molecule has 1 aromatic carbocycles. The molecule has 2 rings (SSSR count). The summed E-state index contributed by atoms with van der Waals surface area (Å²) in [6.07, 6.45) is 1.99. The lowest BCUT2D eigenvalue weighted by atomic mass is 10.2. The van der Waals surface area contributed by atoms with Crippen LogP contribution in [0, 0.1) is 11.6 Å². The van der Waals surface area contributed by atoms with Crippen LogP contribution in [0.5, 0.6) is 11.6 Å². The first-order valence-corrected chi connectivity index (χ1v) is 7.11. The Kier molecular flexibility index (Phi) is 5.59. The van der Waals surface area contributed by atoms with Crippen molar-refractivity contribution in [2.24, 2.45) is 5.73 Å². The Balaban J connectivity index is 2.12. The molecule has 0 radical (unpaired) electrons. The first kappa shape index (κ1) is 16.8. The largest absolute Gasteiger partial charge is 0.436 e. The van der Waals surface area contributed by atoms with E-state index in [0.29, 0.717) is 12.0 Å². The zero-order valence-corrected chi connectivity index (χ0v) is 12.6. The number of rotatable bonds is 6. The molecule has 7 heteroatoms. The quantitative estimate of drug-likeness (QED) is 0.857. The fourth-order valence-corrected chi connectivity index (χ4v) is 1.81. The third kappa shape index (κ3) is 4.46. The van der Waals surface area contributed by atoms with Crippen LogP contribution in [0.1, 0.15) is 18.9 Å². The fraction of sp³-hybridized carbons (Fsp3) is 0.250. The SMILES string of the molecule is CCC(N)C(=O)NCc1cccnc1Oc1ccc(F)cc1F. The van der Waals surface area contributed by atoms with Crippen molar-refractivity contribution in [2.45, 2.75) is 25.9 Å². The highest BCUT2D eigenvalue weighted by molar-refractivity contribution is 5.81. The van der Waals surface area contributed by atoms with E-state index in [-0.39, 0.29) is 24.1 Å². The highest BCUT2D eigenvalue weighted by Gasteiger charge is 2.14. The van der Waals surface area contributed by atoms with Crippen LogP contribution in [-0.4, -0.2) is 16.9 Å². The van der Waals surface area contributed by atoms with Gasteiger partial charge in [-0.25, -0.2) is 13.8 Å². The van der Waals surface area contributed by atoms with Crippen LogP contribution in [0.2, 0.25) is 0 Å². The van der Waals surface area contributed by atoms with Crippen LogP contribution in [0.15, 0.2) is 36.5 Å². The summed E-state index contributed by atoms with van der Waals surface area (Å²) in [4.78, 5) is 15.7. The molecule has 0 saturated heterocycles. The van der Waals surface area contributed by atoms with E-state index >= 15 is 0 Å². The number of ether oxygens (including phenoxy) is 1. The minimum atomic E-state index is -0.835. The fourth-order valence-electron chi connectivity index (χ4n) is 1.81. The molecule has 1 atom stereocenters. The van der Waals surface area contributed by atoms with Gasteiger partial charge in [0, 0.05) is 24.4 Å². The second-order valence-electron chi connectivity index (χ2n) is 4.88. The average Bonchev–Trinajstić information content (AvgIpc) is 2.55. The maximum atomic E-state index is 13.7. The maximum absolute atomic E-state index is 13.7. The predicted molar refractivity (Wildman–Crippen MR) is 80.8 cm³/mol. The van der Waals surface area contributed by atoms with E-state index in [1.54, 1.807) is 19.1 Å². The average molecular weight is 321 g/mol. The number of nitrogens with two attached hydrogens (primary N) is 1. The molecule has 0 aliphatic rings. The van der Waals surface area contributed by atoms with Crippen molar-refractivity contribution in [3.8, 4) is 11.6 Å². The first-order valence-electron chi connectivity index (χ1n) is 7.11. The Hall–Kier alpha value is -2.54. The molecule has 1 heterocycles. The number of carbonyl (C=O) groups is 1. The second-order valence-corrected chi connectivity index (χ2v) is 4.88. The molecule has 23 heavy (non-hydrogen) atoms. The Labute approximate surface area is 132 Å². The number of hydrogen-bond donors (Lipinski definition) is 2. The molecule has 122 valence electrons. The van der Waals surface area contributed by atoms with Crippen molar-refractivity contribution in [3.05, 3.63) is 53.7 Å². The molecule has 5 nitrogen and oxygen atoms in total. The summed E-state index contributed by atoms with van der Waals surface area (Å²) in [5.74, 6) is -1.85. The molecular weight excluding hydrogens is 304 g/mol. The molecule has 0 aliphatic carbocycles. The van der Waals surface area contributed by atoms with Crippen molar-refractivity contribution in [2.75, 3.05) is 0 Å². The van der Waals surface area contributed by atoms with Gasteiger partial charge in [-0.15, -0.1) is 0 Å². The van der Waals surface area contributed by atoms with Crippen molar-refractivity contribution in [3.63, 3.8) is 0 Å². The highest BCUT2D eigenvalue weighted by atomic mass is 19.1. The van der Waals surface area contributed by atoms with Gasteiger partial charge in [-0.1, -0.05) is 13.0 Å². The molecule has 1 aromatic heterocycles. The predicted octanol–water partition coefficient (Wildman–Crippen LogP) is 2.51. The van der Waals surface area contributed by atoms with E-state index in [4.69, 9.17) is 10.5 Å². The van der Waals surface area contributed by atoms with Crippen LogP contribution in [0.3, 0.4) is 0 Å². The number of nitrogens with zero attached hydrogens (tertiary/aromatic N) is 1. The molecule has 0 fully saturated rings. The lowest BCUT2D eigenvalue weighted by Gasteiger charge is -2.13. The monoisotopic (exact) mass is 321 g/mol. The number of hydrogen-bond acceptors (Lipinski definition) is 4. The number of carbonyl (C=O) groups excluding carboxylic acids is 1. The Morgan fingerprint density at radius 2 is 2.17 bits per heavy atom. The minimum Gasteiger partial charge on any atom is -0.436 e. The van der Waals surface area contributed by atoms with E-state index in [1.807, 2.05) is 0 Å². The topological polar surface area (TPSA) is 77.2 Å². The third-order valence-electron chi connectivity index (χ3n) is 3.18. The molecule has 0 spiro atoms. The molecule has 2 aromatic rings. The summed E-state index contributed by atoms with van der Waals surface area (Å²) >= 11 is 0. The minimum absolute atomic E-state index is 0.128. The molecule has 0 saturated carbocycles. The van der Waals surface area contributed by atoms with Gasteiger partial charge in [0.25, 0.3) is 0 Å². The highest BCUT2D eigenvalue weighted by Crippen LogP contribution is 2.25. The zero-order valence-electron chi connectivity index (χ0n) is 12.6. The lowest BCUT2D eigenvalue weighted by Crippen LogP contribution is -2.39. The molecule has 1 amide bonds. The standard InChI is InChI=1S/C16H17F2N3O2/c1-2-13(19)15(22)21-9-10-4-3-7-20-16(10)23-14-6-5-11(17)8-12(14)18/h3-8,13H,2,9,19H2,1H3,(H,21,22). The van der Waals surface area contributed by atoms with Gasteiger partial charge in [0.2, 0.25) is 11.8 Å². The normalized spacial score (nSPS) is 11.8. The molecule has 0 bridgehead atoms. The van der Waals surface area contributed by atoms with Crippen LogP contribution >= 0.6 is 0 Å². The number of amides is 1. The Morgan fingerprint density at radius 1 is 1.39 bits per heavy atom. The van der Waals surface area contributed by atoms with E-state index in [0.717, 1.165) is 12.1 Å². The van der Waals surface area contributed by atoms with Gasteiger partial charge in [-0.05, 0) is 24.6 Å². The first-order chi connectivity index (χ1) is 11.0. The molecule has 1 unspecified atom stereocenters. The van der Waals surface area contributed by atoms with Crippen molar-refractivity contribution in [1.82, 2.24) is 10.3 Å². The van der Waals surface area contributed by atoms with Crippen molar-refractivity contribution >= 4 is 5.91 Å². The summed E-state index contributed by atoms with van der Waals surface area (Å²) in [7, 11) is 0. The van der Waals surface area contributed by atoms with Gasteiger partial charge in [-0.3, -0.25) is 4.79 Å². The van der Waals surface area contributed by atoms with E-state index < -0.39 is 17.7 Å². The van der Waals surface area contributed by atoms with Gasteiger partial charge in [0.05, 0.1) is 6.04 Å². The van der Waals surface area contributed by atoms with E-state index in [1.165, 1.54) is 12.3 Å². The van der Waals surface area contributed by atoms with Crippen molar-refractivity contribution < 1.29 is 18.3 Å². The maximum Gasteiger partial charge on any atom is 0.237 e. The van der Waals surface area contributed by atoms with Crippen LogP contribution in [-0.2, 0) is 11.3 Å². The lowest BCUT2D eigenvalue weighted by molar-refractivity contribution is -0.122. The van der Waals surface area contributed by atoms with Crippen molar-refractivity contribution in [1.29, 1.82) is 0 Å². The molecule has 3 N–H and O–H groups in total. The number of aromatic nitrogens is 1. The summed E-state index contributed by atoms with van der Waals surface area (Å²) in [6, 6.07) is 5.74. The molecule has 0 aliphatic heterocycles. The third-order valence-corrected chi connectivity index (χ3v) is 3.18. The Morgan fingerprint density at radius 3 is 2.87 bits per heavy atom. The van der Waals surface area contributed by atoms with Crippen LogP contribution < -0.4 is 15.8 Å². The van der Waals surface area contributed by atoms with Crippen LogP contribution in [0.25, 0.3) is 0 Å².